The van der Waals surface area contributed by atoms with E-state index in [2.05, 4.69) is 0 Å². The molecule has 3 nitrogen and oxygen atoms in total. The zero-order valence-electron chi connectivity index (χ0n) is 7.00. The van der Waals surface area contributed by atoms with Gasteiger partial charge in [-0.15, -0.1) is 0 Å². The zero-order valence-corrected chi connectivity index (χ0v) is 7.00. The minimum absolute atomic E-state index is 0.0718. The predicted molar refractivity (Wildman–Crippen MR) is 44.0 cm³/mol. The Morgan fingerprint density at radius 1 is 1.82 bits per heavy atom. The summed E-state index contributed by atoms with van der Waals surface area (Å²) in [7, 11) is 0. The van der Waals surface area contributed by atoms with E-state index >= 15 is 0 Å². The van der Waals surface area contributed by atoms with Crippen LogP contribution in [-0.2, 0) is 4.79 Å². The molecule has 1 atom stereocenters. The van der Waals surface area contributed by atoms with Crippen LogP contribution in [0.15, 0.2) is 11.6 Å². The van der Waals surface area contributed by atoms with Gasteiger partial charge in [-0.1, -0.05) is 11.6 Å². The highest BCUT2D eigenvalue weighted by Gasteiger charge is 2.31. The molecule has 1 rings (SSSR count). The maximum absolute atomic E-state index is 10.9. The average molecular weight is 154 g/mol. The lowest BCUT2D eigenvalue weighted by molar-refractivity contribution is -0.141. The van der Waals surface area contributed by atoms with Crippen molar-refractivity contribution in [1.29, 1.82) is 0 Å². The molecule has 0 aliphatic carbocycles. The summed E-state index contributed by atoms with van der Waals surface area (Å²) < 4.78 is 0. The van der Waals surface area contributed by atoms with Crippen molar-refractivity contribution in [3.8, 4) is 0 Å². The highest BCUT2D eigenvalue weighted by Crippen LogP contribution is 2.07. The fourth-order valence-corrected chi connectivity index (χ4v) is 0.985. The van der Waals surface area contributed by atoms with Crippen LogP contribution in [0.3, 0.4) is 0 Å². The van der Waals surface area contributed by atoms with Crippen molar-refractivity contribution in [1.82, 2.24) is 4.90 Å². The van der Waals surface area contributed by atoms with Gasteiger partial charge in [-0.2, -0.15) is 0 Å². The van der Waals surface area contributed by atoms with E-state index in [0.29, 0.717) is 6.54 Å². The molecule has 0 saturated carbocycles. The predicted octanol–water partition coefficient (Wildman–Crippen LogP) is 0.122. The summed E-state index contributed by atoms with van der Waals surface area (Å²) in [6, 6.07) is -0.236. The lowest BCUT2D eigenvalue weighted by Crippen LogP contribution is -2.60. The summed E-state index contributed by atoms with van der Waals surface area (Å²) in [5, 5.41) is 0. The Labute approximate surface area is 66.9 Å². The summed E-state index contributed by atoms with van der Waals surface area (Å²) in [5.74, 6) is 0.0718. The molecular weight excluding hydrogens is 140 g/mol. The molecule has 0 radical (unpaired) electrons. The van der Waals surface area contributed by atoms with Crippen LogP contribution in [0, 0.1) is 0 Å². The third-order valence-electron chi connectivity index (χ3n) is 1.77. The Balaban J connectivity index is 2.31. The van der Waals surface area contributed by atoms with E-state index in [1.54, 1.807) is 4.90 Å². The molecule has 11 heavy (non-hydrogen) atoms. The molecule has 0 aromatic heterocycles. The zero-order chi connectivity index (χ0) is 8.43. The van der Waals surface area contributed by atoms with E-state index in [1.165, 1.54) is 5.57 Å². The van der Waals surface area contributed by atoms with Crippen LogP contribution < -0.4 is 5.73 Å². The van der Waals surface area contributed by atoms with Gasteiger partial charge in [0.2, 0.25) is 5.91 Å². The molecule has 1 aliphatic rings. The number of hydrogen-bond donors (Lipinski definition) is 1. The number of nitrogens with zero attached hydrogens (tertiary/aromatic N) is 1. The first-order valence-electron chi connectivity index (χ1n) is 3.79. The first-order chi connectivity index (χ1) is 5.11. The van der Waals surface area contributed by atoms with Gasteiger partial charge >= 0.3 is 0 Å². The molecular formula is C8H14N2O. The van der Waals surface area contributed by atoms with Crippen LogP contribution in [0.2, 0.25) is 0 Å². The first kappa shape index (κ1) is 8.27. The second-order valence-corrected chi connectivity index (χ2v) is 3.13. The molecule has 3 heteroatoms. The van der Waals surface area contributed by atoms with E-state index in [4.69, 9.17) is 5.73 Å². The molecule has 1 unspecified atom stereocenters. The Morgan fingerprint density at radius 2 is 2.45 bits per heavy atom. The first-order valence-corrected chi connectivity index (χ1v) is 3.79. The second-order valence-electron chi connectivity index (χ2n) is 3.13. The van der Waals surface area contributed by atoms with Crippen molar-refractivity contribution in [3.05, 3.63) is 11.6 Å². The number of carbonyl (C=O) groups is 1. The highest BCUT2D eigenvalue weighted by atomic mass is 16.2. The summed E-state index contributed by atoms with van der Waals surface area (Å²) in [4.78, 5) is 12.7. The number of allylic oxidation sites excluding steroid dienone is 1. The van der Waals surface area contributed by atoms with Crippen molar-refractivity contribution < 1.29 is 4.79 Å². The largest absolute Gasteiger partial charge is 0.335 e. The molecule has 0 spiro atoms. The van der Waals surface area contributed by atoms with E-state index in [-0.39, 0.29) is 11.9 Å². The fourth-order valence-electron chi connectivity index (χ4n) is 0.985. The molecule has 62 valence electrons. The Hall–Kier alpha value is -0.830. The van der Waals surface area contributed by atoms with Gasteiger partial charge in [-0.25, -0.2) is 0 Å². The van der Waals surface area contributed by atoms with Gasteiger partial charge in [0.1, 0.15) is 6.04 Å². The van der Waals surface area contributed by atoms with Gasteiger partial charge in [0.15, 0.2) is 0 Å². The normalized spacial score (nSPS) is 23.0. The monoisotopic (exact) mass is 154 g/mol. The van der Waals surface area contributed by atoms with Crippen LogP contribution >= 0.6 is 0 Å². The molecule has 2 N–H and O–H groups in total. The summed E-state index contributed by atoms with van der Waals surface area (Å²) in [6.45, 7) is 5.46. The molecule has 0 aromatic carbocycles. The number of hydrogen-bond acceptors (Lipinski definition) is 2. The molecule has 1 aliphatic heterocycles. The quantitative estimate of drug-likeness (QED) is 0.453. The summed E-state index contributed by atoms with van der Waals surface area (Å²) >= 11 is 0. The van der Waals surface area contributed by atoms with Crippen molar-refractivity contribution >= 4 is 5.91 Å². The van der Waals surface area contributed by atoms with E-state index < -0.39 is 0 Å². The van der Waals surface area contributed by atoms with E-state index in [1.807, 2.05) is 19.9 Å². The molecule has 1 heterocycles. The second kappa shape index (κ2) is 3.05. The third-order valence-corrected chi connectivity index (χ3v) is 1.77. The fraction of sp³-hybridized carbons (Fsp3) is 0.625. The van der Waals surface area contributed by atoms with Crippen molar-refractivity contribution in [2.24, 2.45) is 5.73 Å². The molecule has 1 amide bonds. The lowest BCUT2D eigenvalue weighted by Gasteiger charge is -2.35. The SMILES string of the molecule is CC(C)=CCN1CC(N)C1=O. The molecule has 0 aromatic rings. The Morgan fingerprint density at radius 3 is 2.82 bits per heavy atom. The topological polar surface area (TPSA) is 46.3 Å². The average Bonchev–Trinajstić information content (AvgIpc) is 1.96. The van der Waals surface area contributed by atoms with Gasteiger partial charge in [0.05, 0.1) is 0 Å². The number of rotatable bonds is 2. The van der Waals surface area contributed by atoms with Crippen LogP contribution in [-0.4, -0.2) is 29.9 Å². The summed E-state index contributed by atoms with van der Waals surface area (Å²) in [6.07, 6.45) is 2.03. The standard InChI is InChI=1S/C8H14N2O/c1-6(2)3-4-10-5-7(9)8(10)11/h3,7H,4-5,9H2,1-2H3. The minimum atomic E-state index is -0.236. The lowest BCUT2D eigenvalue weighted by atomic mass is 10.1. The van der Waals surface area contributed by atoms with Crippen molar-refractivity contribution in [2.75, 3.05) is 13.1 Å². The van der Waals surface area contributed by atoms with Crippen LogP contribution in [0.1, 0.15) is 13.8 Å². The Bertz CT molecular complexity index is 194. The van der Waals surface area contributed by atoms with Gasteiger partial charge in [-0.3, -0.25) is 4.79 Å². The van der Waals surface area contributed by atoms with E-state index in [0.717, 1.165) is 6.54 Å². The highest BCUT2D eigenvalue weighted by molar-refractivity contribution is 5.87. The van der Waals surface area contributed by atoms with Crippen LogP contribution in [0.4, 0.5) is 0 Å². The van der Waals surface area contributed by atoms with Crippen molar-refractivity contribution in [3.63, 3.8) is 0 Å². The Kier molecular flexibility index (Phi) is 2.29. The summed E-state index contributed by atoms with van der Waals surface area (Å²) in [5.41, 5.74) is 6.64. The molecule has 1 fully saturated rings. The van der Waals surface area contributed by atoms with Crippen molar-refractivity contribution in [2.45, 2.75) is 19.9 Å². The van der Waals surface area contributed by atoms with Gasteiger partial charge in [-0.05, 0) is 13.8 Å². The minimum Gasteiger partial charge on any atom is -0.335 e. The number of carbonyl (C=O) groups excluding carboxylic acids is 1. The number of likely N-dealkylation sites (tertiary alicyclic amines) is 1. The molecule has 0 bridgehead atoms. The number of nitrogens with two attached hydrogens (primary N) is 1. The number of β-lactam (4-membered cyclic amide) rings is 1. The van der Waals surface area contributed by atoms with Crippen LogP contribution in [0.5, 0.6) is 0 Å². The van der Waals surface area contributed by atoms with Crippen LogP contribution in [0.25, 0.3) is 0 Å². The van der Waals surface area contributed by atoms with E-state index in [9.17, 15) is 4.79 Å². The third kappa shape index (κ3) is 1.80. The molecule has 1 saturated heterocycles. The maximum Gasteiger partial charge on any atom is 0.241 e. The maximum atomic E-state index is 10.9. The van der Waals surface area contributed by atoms with Gasteiger partial charge in [0, 0.05) is 13.1 Å². The number of amides is 1. The van der Waals surface area contributed by atoms with Gasteiger partial charge < -0.3 is 10.6 Å². The van der Waals surface area contributed by atoms with Gasteiger partial charge in [0.25, 0.3) is 0 Å². The smallest absolute Gasteiger partial charge is 0.241 e.